The molecular weight excluding hydrogens is 266 g/mol. The van der Waals surface area contributed by atoms with Crippen molar-refractivity contribution in [2.75, 3.05) is 25.0 Å². The van der Waals surface area contributed by atoms with Gasteiger partial charge in [-0.25, -0.2) is 9.78 Å². The van der Waals surface area contributed by atoms with Crippen LogP contribution in [0.4, 0.5) is 5.82 Å². The predicted octanol–water partition coefficient (Wildman–Crippen LogP) is 1.94. The number of hydrogen-bond acceptors (Lipinski definition) is 4. The molecule has 102 valence electrons. The molecule has 0 amide bonds. The number of aromatic carboxylic acids is 1. The predicted molar refractivity (Wildman–Crippen MR) is 72.8 cm³/mol. The van der Waals surface area contributed by atoms with E-state index in [-0.39, 0.29) is 10.6 Å². The SMILES string of the molecule is O=C(O)c1ccnc(NC2CN3CCC2CC3)c1Cl. The molecule has 2 N–H and O–H groups in total. The largest absolute Gasteiger partial charge is 0.478 e. The number of carbonyl (C=O) groups is 1. The van der Waals surface area contributed by atoms with Gasteiger partial charge >= 0.3 is 5.97 Å². The van der Waals surface area contributed by atoms with Crippen molar-refractivity contribution >= 4 is 23.4 Å². The van der Waals surface area contributed by atoms with E-state index in [2.05, 4.69) is 15.2 Å². The summed E-state index contributed by atoms with van der Waals surface area (Å²) >= 11 is 6.11. The van der Waals surface area contributed by atoms with Crippen molar-refractivity contribution in [2.45, 2.75) is 18.9 Å². The molecule has 1 aromatic rings. The number of nitrogens with one attached hydrogen (secondary N) is 1. The molecule has 1 aromatic heterocycles. The number of rotatable bonds is 3. The van der Waals surface area contributed by atoms with Gasteiger partial charge < -0.3 is 15.3 Å². The lowest BCUT2D eigenvalue weighted by molar-refractivity contribution is 0.0697. The van der Waals surface area contributed by atoms with Crippen LogP contribution in [0.2, 0.25) is 5.02 Å². The Bertz CT molecular complexity index is 501. The summed E-state index contributed by atoms with van der Waals surface area (Å²) in [7, 11) is 0. The van der Waals surface area contributed by atoms with Crippen LogP contribution in [-0.4, -0.2) is 46.6 Å². The number of hydrogen-bond donors (Lipinski definition) is 2. The van der Waals surface area contributed by atoms with E-state index in [0.717, 1.165) is 6.54 Å². The maximum atomic E-state index is 11.0. The highest BCUT2D eigenvalue weighted by molar-refractivity contribution is 6.35. The monoisotopic (exact) mass is 281 g/mol. The number of aromatic nitrogens is 1. The summed E-state index contributed by atoms with van der Waals surface area (Å²) in [6, 6.07) is 1.74. The van der Waals surface area contributed by atoms with Gasteiger partial charge in [-0.1, -0.05) is 11.6 Å². The Kier molecular flexibility index (Phi) is 3.33. The van der Waals surface area contributed by atoms with Crippen LogP contribution in [0.5, 0.6) is 0 Å². The van der Waals surface area contributed by atoms with Gasteiger partial charge in [0.05, 0.1) is 10.6 Å². The molecule has 0 spiro atoms. The molecule has 3 fully saturated rings. The summed E-state index contributed by atoms with van der Waals surface area (Å²) in [6.45, 7) is 3.32. The first kappa shape index (κ1) is 12.7. The molecule has 19 heavy (non-hydrogen) atoms. The highest BCUT2D eigenvalue weighted by atomic mass is 35.5. The Hall–Kier alpha value is -1.33. The average molecular weight is 282 g/mol. The zero-order valence-electron chi connectivity index (χ0n) is 10.5. The second kappa shape index (κ2) is 4.98. The number of carboxylic acids is 1. The number of fused-ring (bicyclic) bond motifs is 3. The molecule has 0 radical (unpaired) electrons. The summed E-state index contributed by atoms with van der Waals surface area (Å²) in [6.07, 6.45) is 3.86. The lowest BCUT2D eigenvalue weighted by Crippen LogP contribution is -2.53. The number of nitrogens with zero attached hydrogens (tertiary/aromatic N) is 2. The number of halogens is 1. The second-order valence-corrected chi connectivity index (χ2v) is 5.59. The van der Waals surface area contributed by atoms with Gasteiger partial charge in [-0.05, 0) is 37.9 Å². The molecule has 3 saturated heterocycles. The molecular formula is C13H16ClN3O2. The number of pyridine rings is 1. The van der Waals surface area contributed by atoms with Gasteiger partial charge in [-0.15, -0.1) is 0 Å². The fraction of sp³-hybridized carbons (Fsp3) is 0.538. The lowest BCUT2D eigenvalue weighted by atomic mass is 9.84. The van der Waals surface area contributed by atoms with Crippen LogP contribution in [0, 0.1) is 5.92 Å². The highest BCUT2D eigenvalue weighted by Crippen LogP contribution is 2.31. The molecule has 1 unspecified atom stereocenters. The van der Waals surface area contributed by atoms with E-state index < -0.39 is 5.97 Å². The van der Waals surface area contributed by atoms with E-state index in [4.69, 9.17) is 16.7 Å². The van der Waals surface area contributed by atoms with Gasteiger partial charge in [-0.3, -0.25) is 0 Å². The summed E-state index contributed by atoms with van der Waals surface area (Å²) in [5.41, 5.74) is 0.0976. The first-order valence-corrected chi connectivity index (χ1v) is 6.89. The van der Waals surface area contributed by atoms with Crippen molar-refractivity contribution in [1.29, 1.82) is 0 Å². The molecule has 0 saturated carbocycles. The molecule has 1 atom stereocenters. The Morgan fingerprint density at radius 2 is 2.21 bits per heavy atom. The molecule has 4 rings (SSSR count). The smallest absolute Gasteiger partial charge is 0.337 e. The Morgan fingerprint density at radius 3 is 2.79 bits per heavy atom. The van der Waals surface area contributed by atoms with Crippen LogP contribution < -0.4 is 5.32 Å². The van der Waals surface area contributed by atoms with Crippen LogP contribution in [0.25, 0.3) is 0 Å². The van der Waals surface area contributed by atoms with Crippen molar-refractivity contribution in [3.8, 4) is 0 Å². The molecule has 0 aromatic carbocycles. The minimum Gasteiger partial charge on any atom is -0.478 e. The Balaban J connectivity index is 1.80. The van der Waals surface area contributed by atoms with E-state index >= 15 is 0 Å². The van der Waals surface area contributed by atoms with Gasteiger partial charge in [0, 0.05) is 18.8 Å². The topological polar surface area (TPSA) is 65.5 Å². The summed E-state index contributed by atoms with van der Waals surface area (Å²) in [5.74, 6) is 0.0982. The summed E-state index contributed by atoms with van der Waals surface area (Å²) in [4.78, 5) is 17.6. The minimum atomic E-state index is -1.02. The third-order valence-electron chi connectivity index (χ3n) is 4.10. The van der Waals surface area contributed by atoms with E-state index in [1.807, 2.05) is 0 Å². The average Bonchev–Trinajstić information content (AvgIpc) is 2.42. The molecule has 3 aliphatic rings. The lowest BCUT2D eigenvalue weighted by Gasteiger charge is -2.45. The van der Waals surface area contributed by atoms with E-state index in [0.29, 0.717) is 17.8 Å². The van der Waals surface area contributed by atoms with Crippen molar-refractivity contribution in [1.82, 2.24) is 9.88 Å². The van der Waals surface area contributed by atoms with Crippen LogP contribution >= 0.6 is 11.6 Å². The molecule has 0 aliphatic carbocycles. The number of carboxylic acid groups (broad SMARTS) is 1. The number of piperidine rings is 3. The van der Waals surface area contributed by atoms with Gasteiger partial charge in [0.15, 0.2) is 0 Å². The zero-order chi connectivity index (χ0) is 13.4. The van der Waals surface area contributed by atoms with E-state index in [9.17, 15) is 4.79 Å². The molecule has 3 aliphatic heterocycles. The van der Waals surface area contributed by atoms with Crippen molar-refractivity contribution in [3.05, 3.63) is 22.8 Å². The van der Waals surface area contributed by atoms with Gasteiger partial charge in [0.1, 0.15) is 5.82 Å². The van der Waals surface area contributed by atoms with Crippen LogP contribution in [-0.2, 0) is 0 Å². The molecule has 4 heterocycles. The van der Waals surface area contributed by atoms with E-state index in [1.54, 1.807) is 0 Å². The third kappa shape index (κ3) is 2.40. The summed E-state index contributed by atoms with van der Waals surface area (Å²) < 4.78 is 0. The van der Waals surface area contributed by atoms with Crippen molar-refractivity contribution in [2.24, 2.45) is 5.92 Å². The minimum absolute atomic E-state index is 0.0976. The van der Waals surface area contributed by atoms with Crippen LogP contribution in [0.1, 0.15) is 23.2 Å². The van der Waals surface area contributed by atoms with Gasteiger partial charge in [0.2, 0.25) is 0 Å². The third-order valence-corrected chi connectivity index (χ3v) is 4.48. The van der Waals surface area contributed by atoms with Crippen molar-refractivity contribution in [3.63, 3.8) is 0 Å². The summed E-state index contributed by atoms with van der Waals surface area (Å²) in [5, 5.41) is 12.6. The van der Waals surface area contributed by atoms with Crippen molar-refractivity contribution < 1.29 is 9.90 Å². The normalized spacial score (nSPS) is 29.2. The standard InChI is InChI=1S/C13H16ClN3O2/c14-11-9(13(18)19)1-4-15-12(11)16-10-7-17-5-2-8(10)3-6-17/h1,4,8,10H,2-3,5-7H2,(H,15,16)(H,18,19). The molecule has 6 heteroatoms. The second-order valence-electron chi connectivity index (χ2n) is 5.22. The maximum absolute atomic E-state index is 11.0. The van der Waals surface area contributed by atoms with Crippen LogP contribution in [0.3, 0.4) is 0 Å². The Morgan fingerprint density at radius 1 is 1.47 bits per heavy atom. The highest BCUT2D eigenvalue weighted by Gasteiger charge is 2.34. The first-order valence-electron chi connectivity index (χ1n) is 6.52. The molecule has 5 nitrogen and oxygen atoms in total. The quantitative estimate of drug-likeness (QED) is 0.886. The van der Waals surface area contributed by atoms with Gasteiger partial charge in [0.25, 0.3) is 0 Å². The van der Waals surface area contributed by atoms with E-state index in [1.165, 1.54) is 38.2 Å². The fourth-order valence-corrected chi connectivity index (χ4v) is 3.26. The zero-order valence-corrected chi connectivity index (χ0v) is 11.2. The fourth-order valence-electron chi connectivity index (χ4n) is 3.01. The maximum Gasteiger partial charge on any atom is 0.337 e. The Labute approximate surface area is 116 Å². The number of anilines is 1. The van der Waals surface area contributed by atoms with Crippen LogP contribution in [0.15, 0.2) is 12.3 Å². The molecule has 2 bridgehead atoms. The van der Waals surface area contributed by atoms with Gasteiger partial charge in [-0.2, -0.15) is 0 Å². The first-order chi connectivity index (χ1) is 9.15.